The zero-order chi connectivity index (χ0) is 72.2. The number of hydrogen-bond acceptors (Lipinski definition) is 12. The Morgan fingerprint density at radius 3 is 2.01 bits per heavy atom. The van der Waals surface area contributed by atoms with E-state index in [1.165, 1.54) is 82.1 Å². The summed E-state index contributed by atoms with van der Waals surface area (Å²) in [5.41, 5.74) is 6.29. The number of unbranched alkanes of at least 4 members (excludes halogenated alkanes) is 1. The maximum absolute atomic E-state index is 14.5. The number of carbonyl (C=O) groups is 5. The number of hydrogen-bond donors (Lipinski definition) is 5. The third-order valence-corrected chi connectivity index (χ3v) is 23.0. The number of methoxy groups -OCH3 is 1. The predicted octanol–water partition coefficient (Wildman–Crippen LogP) is 17.0. The molecule has 544 valence electrons. The van der Waals surface area contributed by atoms with E-state index in [4.69, 9.17) is 30.5 Å². The molecule has 0 heterocycles. The smallest absolute Gasteiger partial charge is 0.497 e. The molecular formula is C84H105ClN6O11. The van der Waals surface area contributed by atoms with Gasteiger partial charge >= 0.3 is 6.16 Å². The molecule has 0 aliphatic heterocycles. The summed E-state index contributed by atoms with van der Waals surface area (Å²) >= 11 is 6.29. The number of nitro groups is 1. The highest BCUT2D eigenvalue weighted by Crippen LogP contribution is 2.67. The molecular weight excluding hydrogens is 1300 g/mol. The second-order valence-corrected chi connectivity index (χ2v) is 30.3. The van der Waals surface area contributed by atoms with E-state index >= 15 is 0 Å². The van der Waals surface area contributed by atoms with Gasteiger partial charge in [0.25, 0.3) is 5.69 Å². The fraction of sp³-hybridized carbons (Fsp3) is 0.488. The number of anilines is 1. The quantitative estimate of drug-likeness (QED) is 0.00476. The van der Waals surface area contributed by atoms with Crippen LogP contribution in [0.4, 0.5) is 16.2 Å². The summed E-state index contributed by atoms with van der Waals surface area (Å²) in [4.78, 5) is 79.0. The Morgan fingerprint density at radius 1 is 0.667 bits per heavy atom. The van der Waals surface area contributed by atoms with Gasteiger partial charge in [-0.1, -0.05) is 174 Å². The standard InChI is InChI=1S/C84H105ClN6O11/c1-57(2)17-15-18-58(3)73-42-43-74-72-41-30-64-54-71(46-48-82(64,4)75(72)47-49-83(73,74)5)100-52-16-50-86-77(92)44-45-78(93)88-67(53-59-24-31-65(85)32-25-59)55-79(94)90-76(80(95)89-66-33-26-60(27-34-66)56-101-81(96)102-70-39-35-68(36-40-70)91(97)98)23-13-14-51-87-84(61-19-9-7-10-20-61,62-21-11-8-12-22-62)63-28-37-69(99-6)38-29-63/h7-12,19-22,24-40,57-58,67,71-76,87H,13-18,23,41-56H2,1-6H3,(H,86,92)(H,88,93)(H,89,95)(H,90,94)/t58-,67+,71+,72+,73-,74+,75+,76+,82+,83-/m1/s1. The van der Waals surface area contributed by atoms with Crippen molar-refractivity contribution in [2.45, 2.75) is 187 Å². The SMILES string of the molecule is COc1ccc(C(NCCCC[C@H](NC(=O)C[C@H](Cc2ccc(Cl)cc2)NC(=O)CCC(=O)NCCCO[C@H]2CC[C@@]3(C)C(=CC[C@H]4[C@@H]5CC[C@H]([C@H](C)CCCC(C)C)[C@@]5(C)CC[C@@H]43)C2)C(=O)Nc2ccc(COC(=O)Oc3ccc([N+](=O)[O-])cc3)cc2)(c2ccccc2)c2ccccc2)cc1. The largest absolute Gasteiger partial charge is 0.514 e. The molecule has 18 heteroatoms. The second-order valence-electron chi connectivity index (χ2n) is 29.9. The molecule has 0 aromatic heterocycles. The van der Waals surface area contributed by atoms with Gasteiger partial charge in [-0.2, -0.15) is 0 Å². The van der Waals surface area contributed by atoms with Crippen LogP contribution in [0.5, 0.6) is 11.5 Å². The van der Waals surface area contributed by atoms with E-state index in [9.17, 15) is 34.1 Å². The predicted molar refractivity (Wildman–Crippen MR) is 400 cm³/mol. The van der Waals surface area contributed by atoms with Crippen LogP contribution in [-0.2, 0) is 47.2 Å². The molecule has 6 aromatic carbocycles. The average Bonchev–Trinajstić information content (AvgIpc) is 1.40. The van der Waals surface area contributed by atoms with E-state index in [1.54, 1.807) is 49.1 Å². The van der Waals surface area contributed by atoms with Crippen LogP contribution in [0.1, 0.15) is 178 Å². The Morgan fingerprint density at radius 2 is 1.33 bits per heavy atom. The highest BCUT2D eigenvalue weighted by atomic mass is 35.5. The summed E-state index contributed by atoms with van der Waals surface area (Å²) in [6, 6.07) is 45.6. The lowest BCUT2D eigenvalue weighted by molar-refractivity contribution is -0.384. The normalized spacial score (nSPS) is 21.5. The first-order valence-electron chi connectivity index (χ1n) is 37.1. The molecule has 3 fully saturated rings. The molecule has 10 atom stereocenters. The van der Waals surface area contributed by atoms with E-state index in [2.05, 4.69) is 104 Å². The maximum Gasteiger partial charge on any atom is 0.514 e. The Labute approximate surface area is 607 Å². The molecule has 10 rings (SSSR count). The number of amides is 4. The molecule has 0 spiro atoms. The zero-order valence-electron chi connectivity index (χ0n) is 60.4. The fourth-order valence-corrected chi connectivity index (χ4v) is 17.5. The van der Waals surface area contributed by atoms with Crippen molar-refractivity contribution in [3.05, 3.63) is 212 Å². The van der Waals surface area contributed by atoms with Crippen molar-refractivity contribution in [2.24, 2.45) is 46.3 Å². The summed E-state index contributed by atoms with van der Waals surface area (Å²) in [5.74, 6) is 4.05. The van der Waals surface area contributed by atoms with Crippen LogP contribution in [0.15, 0.2) is 169 Å². The lowest BCUT2D eigenvalue weighted by Crippen LogP contribution is -2.51. The van der Waals surface area contributed by atoms with Gasteiger partial charge in [-0.3, -0.25) is 34.6 Å². The van der Waals surface area contributed by atoms with Crippen LogP contribution in [0, 0.1) is 56.5 Å². The zero-order valence-corrected chi connectivity index (χ0v) is 61.1. The Bertz CT molecular complexity index is 3720. The van der Waals surface area contributed by atoms with Gasteiger partial charge < -0.3 is 40.2 Å². The monoisotopic (exact) mass is 1410 g/mol. The first-order valence-corrected chi connectivity index (χ1v) is 37.5. The van der Waals surface area contributed by atoms with Crippen LogP contribution in [-0.4, -0.2) is 79.7 Å². The minimum Gasteiger partial charge on any atom is -0.497 e. The van der Waals surface area contributed by atoms with Crippen molar-refractivity contribution in [3.63, 3.8) is 0 Å². The van der Waals surface area contributed by atoms with Crippen LogP contribution in [0.3, 0.4) is 0 Å². The number of rotatable bonds is 35. The number of carbonyl (C=O) groups excluding carboxylic acids is 5. The molecule has 0 saturated heterocycles. The Kier molecular flexibility index (Phi) is 27.0. The van der Waals surface area contributed by atoms with Crippen LogP contribution in [0.2, 0.25) is 5.02 Å². The number of nitrogens with one attached hydrogen (secondary N) is 5. The lowest BCUT2D eigenvalue weighted by atomic mass is 9.47. The minimum atomic E-state index is -1.02. The number of allylic oxidation sites excluding steroid dienone is 1. The van der Waals surface area contributed by atoms with Gasteiger partial charge in [-0.05, 0) is 213 Å². The van der Waals surface area contributed by atoms with Gasteiger partial charge in [0.05, 0.1) is 23.7 Å². The summed E-state index contributed by atoms with van der Waals surface area (Å²) in [5, 5.41) is 27.5. The number of non-ortho nitro benzene ring substituents is 1. The number of fused-ring (bicyclic) bond motifs is 5. The maximum atomic E-state index is 14.5. The molecule has 4 aliphatic rings. The van der Waals surface area contributed by atoms with E-state index in [1.807, 2.05) is 60.7 Å². The van der Waals surface area contributed by atoms with Crippen LogP contribution >= 0.6 is 11.6 Å². The summed E-state index contributed by atoms with van der Waals surface area (Å²) < 4.78 is 22.6. The van der Waals surface area contributed by atoms with Crippen LogP contribution in [0.25, 0.3) is 0 Å². The third-order valence-electron chi connectivity index (χ3n) is 22.8. The van der Waals surface area contributed by atoms with Gasteiger partial charge in [0.1, 0.15) is 24.1 Å². The number of nitro benzene ring substituents is 1. The van der Waals surface area contributed by atoms with Gasteiger partial charge in [0.15, 0.2) is 0 Å². The van der Waals surface area contributed by atoms with Crippen molar-refractivity contribution < 1.29 is 47.8 Å². The molecule has 0 unspecified atom stereocenters. The van der Waals surface area contributed by atoms with E-state index in [0.717, 1.165) is 76.4 Å². The van der Waals surface area contributed by atoms with E-state index < -0.39 is 46.4 Å². The van der Waals surface area contributed by atoms with Gasteiger partial charge in [0, 0.05) is 61.3 Å². The molecule has 0 bridgehead atoms. The first-order chi connectivity index (χ1) is 49.2. The van der Waals surface area contributed by atoms with Crippen LogP contribution < -0.4 is 36.1 Å². The Hall–Kier alpha value is -8.38. The van der Waals surface area contributed by atoms with E-state index in [0.29, 0.717) is 60.6 Å². The average molecular weight is 1410 g/mol. The summed E-state index contributed by atoms with van der Waals surface area (Å²) in [6.45, 7) is 13.8. The molecule has 3 saturated carbocycles. The molecule has 4 amide bonds. The minimum absolute atomic E-state index is 0.0398. The number of ether oxygens (including phenoxy) is 4. The van der Waals surface area contributed by atoms with Crippen molar-refractivity contribution in [1.82, 2.24) is 21.3 Å². The van der Waals surface area contributed by atoms with E-state index in [-0.39, 0.29) is 67.6 Å². The van der Waals surface area contributed by atoms with Crippen molar-refractivity contribution in [3.8, 4) is 11.5 Å². The summed E-state index contributed by atoms with van der Waals surface area (Å²) in [6.07, 6.45) is 17.8. The molecule has 0 radical (unpaired) electrons. The molecule has 5 N–H and O–H groups in total. The van der Waals surface area contributed by atoms with Crippen molar-refractivity contribution in [1.29, 1.82) is 0 Å². The highest BCUT2D eigenvalue weighted by Gasteiger charge is 2.59. The van der Waals surface area contributed by atoms with Gasteiger partial charge in [0.2, 0.25) is 23.6 Å². The summed E-state index contributed by atoms with van der Waals surface area (Å²) in [7, 11) is 1.64. The topological polar surface area (TPSA) is 226 Å². The van der Waals surface area contributed by atoms with Crippen molar-refractivity contribution >= 4 is 52.8 Å². The lowest BCUT2D eigenvalue weighted by Gasteiger charge is -2.58. The number of halogens is 1. The number of nitrogens with zero attached hydrogens (tertiary/aromatic N) is 1. The van der Waals surface area contributed by atoms with Gasteiger partial charge in [-0.15, -0.1) is 0 Å². The number of benzene rings is 6. The molecule has 4 aliphatic carbocycles. The molecule has 102 heavy (non-hydrogen) atoms. The van der Waals surface area contributed by atoms with Gasteiger partial charge in [-0.25, -0.2) is 4.79 Å². The highest BCUT2D eigenvalue weighted by molar-refractivity contribution is 6.30. The first kappa shape index (κ1) is 76.3. The molecule has 6 aromatic rings. The Balaban J connectivity index is 0.728. The third kappa shape index (κ3) is 19.9. The molecule has 17 nitrogen and oxygen atoms in total. The van der Waals surface area contributed by atoms with Crippen molar-refractivity contribution in [2.75, 3.05) is 32.1 Å². The second kappa shape index (κ2) is 36.2. The fourth-order valence-electron chi connectivity index (χ4n) is 17.4.